The van der Waals surface area contributed by atoms with Gasteiger partial charge in [-0.25, -0.2) is 0 Å². The van der Waals surface area contributed by atoms with Crippen molar-refractivity contribution in [1.82, 2.24) is 4.90 Å². The van der Waals surface area contributed by atoms with Crippen LogP contribution in [0.25, 0.3) is 5.76 Å². The zero-order valence-corrected chi connectivity index (χ0v) is 21.7. The van der Waals surface area contributed by atoms with Crippen molar-refractivity contribution in [1.29, 1.82) is 0 Å². The van der Waals surface area contributed by atoms with Gasteiger partial charge in [0.15, 0.2) is 0 Å². The maximum atomic E-state index is 13.2. The van der Waals surface area contributed by atoms with Crippen LogP contribution in [0.1, 0.15) is 49.1 Å². The number of methoxy groups -OCH3 is 1. The van der Waals surface area contributed by atoms with E-state index in [-0.39, 0.29) is 29.9 Å². The van der Waals surface area contributed by atoms with Gasteiger partial charge in [0.1, 0.15) is 18.1 Å². The molecule has 1 saturated heterocycles. The van der Waals surface area contributed by atoms with Crippen LogP contribution in [0.15, 0.2) is 84.4 Å². The number of carbonyl (C=O) groups is 2. The highest BCUT2D eigenvalue weighted by atomic mass is 16.5. The van der Waals surface area contributed by atoms with Gasteiger partial charge in [0.25, 0.3) is 11.7 Å². The zero-order chi connectivity index (χ0) is 26.6. The molecule has 1 amide bonds. The fraction of sp³-hybridized carbons (Fsp3) is 0.290. The molecular weight excluding hydrogens is 466 g/mol. The molecule has 0 aromatic heterocycles. The smallest absolute Gasteiger partial charge is 0.295 e. The molecule has 1 unspecified atom stereocenters. The lowest BCUT2D eigenvalue weighted by atomic mass is 9.85. The first-order chi connectivity index (χ1) is 17.7. The molecule has 4 rings (SSSR count). The predicted octanol–water partition coefficient (Wildman–Crippen LogP) is 5.63. The number of amides is 1. The van der Waals surface area contributed by atoms with Gasteiger partial charge in [0.05, 0.1) is 18.2 Å². The number of benzene rings is 3. The summed E-state index contributed by atoms with van der Waals surface area (Å²) >= 11 is 0. The normalized spacial score (nSPS) is 17.3. The monoisotopic (exact) mass is 499 g/mol. The molecule has 6 nitrogen and oxygen atoms in total. The van der Waals surface area contributed by atoms with E-state index in [0.717, 1.165) is 16.7 Å². The first-order valence-corrected chi connectivity index (χ1v) is 12.4. The standard InChI is InChI=1S/C31H33NO5/c1-31(2,3)24-14-10-22(11-15-24)27-26(29(34)30(35)32(27)18-19-36-4)28(33)23-12-16-25(17-13-23)37-20-21-8-6-5-7-9-21/h5-17,27,33H,18-20H2,1-4H3/b28-26+. The number of ketones is 1. The van der Waals surface area contributed by atoms with E-state index < -0.39 is 17.7 Å². The second kappa shape index (κ2) is 11.0. The molecule has 37 heavy (non-hydrogen) atoms. The van der Waals surface area contributed by atoms with Gasteiger partial charge in [-0.2, -0.15) is 0 Å². The summed E-state index contributed by atoms with van der Waals surface area (Å²) in [6.07, 6.45) is 0. The Morgan fingerprint density at radius 1 is 0.919 bits per heavy atom. The Kier molecular flexibility index (Phi) is 7.79. The van der Waals surface area contributed by atoms with Crippen LogP contribution in [0.3, 0.4) is 0 Å². The van der Waals surface area contributed by atoms with E-state index in [1.807, 2.05) is 54.6 Å². The minimum Gasteiger partial charge on any atom is -0.507 e. The number of nitrogens with zero attached hydrogens (tertiary/aromatic N) is 1. The van der Waals surface area contributed by atoms with Crippen LogP contribution >= 0.6 is 0 Å². The lowest BCUT2D eigenvalue weighted by Gasteiger charge is -2.26. The largest absolute Gasteiger partial charge is 0.507 e. The molecule has 0 radical (unpaired) electrons. The van der Waals surface area contributed by atoms with E-state index >= 15 is 0 Å². The fourth-order valence-electron chi connectivity index (χ4n) is 4.42. The van der Waals surface area contributed by atoms with Gasteiger partial charge in [-0.3, -0.25) is 9.59 Å². The highest BCUT2D eigenvalue weighted by Crippen LogP contribution is 2.40. The maximum Gasteiger partial charge on any atom is 0.295 e. The Balaban J connectivity index is 1.67. The molecule has 192 valence electrons. The third-order valence-corrected chi connectivity index (χ3v) is 6.54. The third kappa shape index (κ3) is 5.75. The number of ether oxygens (including phenoxy) is 2. The van der Waals surface area contributed by atoms with Gasteiger partial charge in [0.2, 0.25) is 0 Å². The number of aliphatic hydroxyl groups excluding tert-OH is 1. The summed E-state index contributed by atoms with van der Waals surface area (Å²) in [5.74, 6) is -0.928. The van der Waals surface area contributed by atoms with E-state index in [1.165, 1.54) is 4.90 Å². The van der Waals surface area contributed by atoms with Gasteiger partial charge in [-0.05, 0) is 46.4 Å². The molecular formula is C31H33NO5. The summed E-state index contributed by atoms with van der Waals surface area (Å²) in [6, 6.07) is 23.8. The minimum atomic E-state index is -0.710. The van der Waals surface area contributed by atoms with E-state index in [4.69, 9.17) is 9.47 Å². The number of hydrogen-bond donors (Lipinski definition) is 1. The number of rotatable bonds is 8. The van der Waals surface area contributed by atoms with Crippen molar-refractivity contribution in [2.24, 2.45) is 0 Å². The van der Waals surface area contributed by atoms with Crippen molar-refractivity contribution >= 4 is 17.4 Å². The first kappa shape index (κ1) is 26.2. The van der Waals surface area contributed by atoms with Crippen molar-refractivity contribution in [3.05, 3.63) is 107 Å². The summed E-state index contributed by atoms with van der Waals surface area (Å²) in [5.41, 5.74) is 3.41. The van der Waals surface area contributed by atoms with Crippen LogP contribution in [0.4, 0.5) is 0 Å². The van der Waals surface area contributed by atoms with Crippen molar-refractivity contribution in [2.45, 2.75) is 38.8 Å². The second-order valence-corrected chi connectivity index (χ2v) is 10.2. The molecule has 1 atom stereocenters. The molecule has 0 bridgehead atoms. The number of likely N-dealkylation sites (tertiary alicyclic amines) is 1. The van der Waals surface area contributed by atoms with Crippen molar-refractivity contribution in [3.8, 4) is 5.75 Å². The van der Waals surface area contributed by atoms with E-state index in [2.05, 4.69) is 20.8 Å². The SMILES string of the molecule is COCCN1C(=O)C(=O)/C(=C(/O)c2ccc(OCc3ccccc3)cc2)C1c1ccc(C(C)(C)C)cc1. The number of hydrogen-bond acceptors (Lipinski definition) is 5. The topological polar surface area (TPSA) is 76.1 Å². The average molecular weight is 500 g/mol. The van der Waals surface area contributed by atoms with Crippen LogP contribution < -0.4 is 4.74 Å². The zero-order valence-electron chi connectivity index (χ0n) is 21.7. The molecule has 1 fully saturated rings. The van der Waals surface area contributed by atoms with E-state index in [1.54, 1.807) is 31.4 Å². The molecule has 0 spiro atoms. The highest BCUT2D eigenvalue weighted by molar-refractivity contribution is 6.46. The Bertz CT molecular complexity index is 1270. The first-order valence-electron chi connectivity index (χ1n) is 12.4. The summed E-state index contributed by atoms with van der Waals surface area (Å²) < 4.78 is 11.0. The van der Waals surface area contributed by atoms with Crippen molar-refractivity contribution < 1.29 is 24.2 Å². The van der Waals surface area contributed by atoms with Crippen molar-refractivity contribution in [3.63, 3.8) is 0 Å². The maximum absolute atomic E-state index is 13.2. The Hall–Kier alpha value is -3.90. The lowest BCUT2D eigenvalue weighted by Crippen LogP contribution is -2.32. The fourth-order valence-corrected chi connectivity index (χ4v) is 4.42. The average Bonchev–Trinajstić information content (AvgIpc) is 3.15. The summed E-state index contributed by atoms with van der Waals surface area (Å²) in [7, 11) is 1.55. The van der Waals surface area contributed by atoms with Crippen LogP contribution in [-0.4, -0.2) is 42.0 Å². The van der Waals surface area contributed by atoms with Gasteiger partial charge in [-0.15, -0.1) is 0 Å². The molecule has 0 aliphatic carbocycles. The van der Waals surface area contributed by atoms with Crippen LogP contribution in [0.5, 0.6) is 5.75 Å². The van der Waals surface area contributed by atoms with Crippen LogP contribution in [-0.2, 0) is 26.3 Å². The van der Waals surface area contributed by atoms with Crippen LogP contribution in [0.2, 0.25) is 0 Å². The third-order valence-electron chi connectivity index (χ3n) is 6.54. The summed E-state index contributed by atoms with van der Waals surface area (Å²) in [6.45, 7) is 7.30. The Morgan fingerprint density at radius 3 is 2.16 bits per heavy atom. The molecule has 1 N–H and O–H groups in total. The molecule has 3 aromatic rings. The number of Topliss-reactive ketones (excluding diaryl/α,β-unsaturated/α-hetero) is 1. The second-order valence-electron chi connectivity index (χ2n) is 10.2. The van der Waals surface area contributed by atoms with E-state index in [9.17, 15) is 14.7 Å². The summed E-state index contributed by atoms with van der Waals surface area (Å²) in [4.78, 5) is 27.6. The van der Waals surface area contributed by atoms with Gasteiger partial charge >= 0.3 is 0 Å². The van der Waals surface area contributed by atoms with Gasteiger partial charge in [0, 0.05) is 19.2 Å². The van der Waals surface area contributed by atoms with Gasteiger partial charge < -0.3 is 19.5 Å². The minimum absolute atomic E-state index is 0.0410. The molecule has 6 heteroatoms. The molecule has 1 aliphatic rings. The molecule has 0 saturated carbocycles. The predicted molar refractivity (Wildman–Crippen MR) is 143 cm³/mol. The van der Waals surface area contributed by atoms with Gasteiger partial charge in [-0.1, -0.05) is 75.4 Å². The Morgan fingerprint density at radius 2 is 1.57 bits per heavy atom. The highest BCUT2D eigenvalue weighted by Gasteiger charge is 2.45. The quantitative estimate of drug-likeness (QED) is 0.247. The lowest BCUT2D eigenvalue weighted by molar-refractivity contribution is -0.140. The molecule has 1 aliphatic heterocycles. The number of aliphatic hydroxyl groups is 1. The molecule has 3 aromatic carbocycles. The van der Waals surface area contributed by atoms with E-state index in [0.29, 0.717) is 17.9 Å². The number of carbonyl (C=O) groups excluding carboxylic acids is 2. The van der Waals surface area contributed by atoms with Crippen LogP contribution in [0, 0.1) is 0 Å². The van der Waals surface area contributed by atoms with Crippen molar-refractivity contribution in [2.75, 3.05) is 20.3 Å². The molecule has 1 heterocycles. The summed E-state index contributed by atoms with van der Waals surface area (Å²) in [5, 5.41) is 11.3. The Labute approximate surface area is 218 Å².